The zero-order chi connectivity index (χ0) is 16.7. The summed E-state index contributed by atoms with van der Waals surface area (Å²) < 4.78 is 0. The minimum Gasteiger partial charge on any atom is -0.367 e. The van der Waals surface area contributed by atoms with Gasteiger partial charge in [0.05, 0.1) is 17.7 Å². The van der Waals surface area contributed by atoms with Crippen molar-refractivity contribution in [2.75, 3.05) is 12.4 Å². The molecule has 0 radical (unpaired) electrons. The second-order valence-corrected chi connectivity index (χ2v) is 6.84. The lowest BCUT2D eigenvalue weighted by atomic mass is 10.0. The van der Waals surface area contributed by atoms with Crippen LogP contribution in [0.3, 0.4) is 0 Å². The Hall–Kier alpha value is -2.40. The van der Waals surface area contributed by atoms with Crippen molar-refractivity contribution >= 4 is 17.8 Å². The van der Waals surface area contributed by atoms with Crippen LogP contribution in [0.1, 0.15) is 36.9 Å². The van der Waals surface area contributed by atoms with Gasteiger partial charge in [0.1, 0.15) is 5.82 Å². The van der Waals surface area contributed by atoms with Crippen molar-refractivity contribution in [3.05, 3.63) is 41.5 Å². The summed E-state index contributed by atoms with van der Waals surface area (Å²) in [5, 5.41) is 3.57. The van der Waals surface area contributed by atoms with Crippen LogP contribution < -0.4 is 11.1 Å². The van der Waals surface area contributed by atoms with Crippen LogP contribution in [0.5, 0.6) is 0 Å². The molecule has 1 atom stereocenters. The van der Waals surface area contributed by atoms with Crippen molar-refractivity contribution in [2.45, 2.75) is 38.4 Å². The number of nitrogens with two attached hydrogens (primary N) is 1. The first-order valence-corrected chi connectivity index (χ1v) is 8.51. The summed E-state index contributed by atoms with van der Waals surface area (Å²) >= 11 is 0. The molecule has 2 aromatic rings. The summed E-state index contributed by atoms with van der Waals surface area (Å²) in [5.41, 5.74) is 11.3. The highest BCUT2D eigenvalue weighted by Gasteiger charge is 2.25. The van der Waals surface area contributed by atoms with E-state index in [9.17, 15) is 0 Å². The second-order valence-electron chi connectivity index (χ2n) is 6.84. The van der Waals surface area contributed by atoms with Gasteiger partial charge in [-0.05, 0) is 31.4 Å². The highest BCUT2D eigenvalue weighted by atomic mass is 15.2. The fourth-order valence-corrected chi connectivity index (χ4v) is 2.93. The van der Waals surface area contributed by atoms with Crippen molar-refractivity contribution in [2.24, 2.45) is 10.7 Å². The Labute approximate surface area is 142 Å². The third-order valence-corrected chi connectivity index (χ3v) is 4.55. The fraction of sp³-hybridized carbons (Fsp3) is 0.368. The van der Waals surface area contributed by atoms with Gasteiger partial charge in [-0.25, -0.2) is 9.98 Å². The van der Waals surface area contributed by atoms with E-state index in [1.54, 1.807) is 0 Å². The number of aliphatic imine (C=N–C) groups is 1. The summed E-state index contributed by atoms with van der Waals surface area (Å²) in [6, 6.07) is 11.0. The van der Waals surface area contributed by atoms with Crippen LogP contribution in [-0.2, 0) is 6.54 Å². The molecule has 1 aliphatic heterocycles. The lowest BCUT2D eigenvalue weighted by Crippen LogP contribution is -2.21. The summed E-state index contributed by atoms with van der Waals surface area (Å²) in [7, 11) is 2.04. The lowest BCUT2D eigenvalue weighted by molar-refractivity contribution is 0.509. The van der Waals surface area contributed by atoms with Gasteiger partial charge in [-0.15, -0.1) is 0 Å². The number of anilines is 1. The van der Waals surface area contributed by atoms with Crippen LogP contribution in [0.25, 0.3) is 11.3 Å². The summed E-state index contributed by atoms with van der Waals surface area (Å²) in [6.45, 7) is 2.83. The van der Waals surface area contributed by atoms with Gasteiger partial charge < -0.3 is 16.0 Å². The second kappa shape index (κ2) is 5.91. The maximum atomic E-state index is 5.94. The van der Waals surface area contributed by atoms with E-state index in [2.05, 4.69) is 45.5 Å². The molecule has 4 rings (SSSR count). The predicted molar refractivity (Wildman–Crippen MR) is 98.5 cm³/mol. The van der Waals surface area contributed by atoms with Crippen molar-refractivity contribution in [3.63, 3.8) is 0 Å². The number of fused-ring (bicyclic) bond motifs is 1. The van der Waals surface area contributed by atoms with Gasteiger partial charge in [0.2, 0.25) is 0 Å². The van der Waals surface area contributed by atoms with E-state index in [-0.39, 0.29) is 6.04 Å². The number of pyridine rings is 1. The van der Waals surface area contributed by atoms with Crippen LogP contribution in [0, 0.1) is 0 Å². The van der Waals surface area contributed by atoms with E-state index in [1.165, 1.54) is 18.4 Å². The smallest absolute Gasteiger partial charge is 0.134 e. The van der Waals surface area contributed by atoms with Gasteiger partial charge in [-0.2, -0.15) is 0 Å². The molecular weight excluding hydrogens is 298 g/mol. The van der Waals surface area contributed by atoms with Crippen LogP contribution in [0.15, 0.2) is 35.3 Å². The largest absolute Gasteiger partial charge is 0.367 e. The molecule has 1 aromatic heterocycles. The molecule has 0 bridgehead atoms. The summed E-state index contributed by atoms with van der Waals surface area (Å²) in [5.74, 6) is 0.977. The van der Waals surface area contributed by atoms with E-state index in [0.717, 1.165) is 34.9 Å². The molecule has 0 saturated heterocycles. The van der Waals surface area contributed by atoms with E-state index >= 15 is 0 Å². The zero-order valence-electron chi connectivity index (χ0n) is 14.2. The van der Waals surface area contributed by atoms with Crippen LogP contribution in [0.4, 0.5) is 11.5 Å². The van der Waals surface area contributed by atoms with Crippen LogP contribution >= 0.6 is 0 Å². The minimum atomic E-state index is 0.0442. The van der Waals surface area contributed by atoms with Gasteiger partial charge >= 0.3 is 0 Å². The predicted octanol–water partition coefficient (Wildman–Crippen LogP) is 3.45. The first-order valence-electron chi connectivity index (χ1n) is 8.51. The maximum absolute atomic E-state index is 5.94. The van der Waals surface area contributed by atoms with E-state index in [0.29, 0.717) is 6.04 Å². The standard InChI is InChI=1S/C19H23N5/c1-12(20)13-3-5-14(6-4-13)17-9-18-16(10-24(2)11-21-18)19(23-17)22-15-7-8-15/h3-6,9,11-12,15H,7-8,10,20H2,1-2H3,(H,22,23)/t12-/m1/s1. The minimum absolute atomic E-state index is 0.0442. The Balaban J connectivity index is 1.74. The molecule has 124 valence electrons. The first-order chi connectivity index (χ1) is 11.6. The van der Waals surface area contributed by atoms with E-state index < -0.39 is 0 Å². The molecule has 1 fully saturated rings. The quantitative estimate of drug-likeness (QED) is 0.905. The number of nitrogens with zero attached hydrogens (tertiary/aromatic N) is 3. The Bertz CT molecular complexity index is 775. The van der Waals surface area contributed by atoms with Crippen molar-refractivity contribution in [3.8, 4) is 11.3 Å². The van der Waals surface area contributed by atoms with Crippen molar-refractivity contribution in [1.82, 2.24) is 9.88 Å². The number of nitrogens with one attached hydrogen (secondary N) is 1. The van der Waals surface area contributed by atoms with Crippen molar-refractivity contribution in [1.29, 1.82) is 0 Å². The average Bonchev–Trinajstić information content (AvgIpc) is 3.39. The normalized spacial score (nSPS) is 17.5. The Morgan fingerprint density at radius 2 is 2.00 bits per heavy atom. The Kier molecular flexibility index (Phi) is 3.73. The fourth-order valence-electron chi connectivity index (χ4n) is 2.93. The summed E-state index contributed by atoms with van der Waals surface area (Å²) in [6.07, 6.45) is 4.33. The van der Waals surface area contributed by atoms with Crippen LogP contribution in [-0.4, -0.2) is 29.3 Å². The Morgan fingerprint density at radius 3 is 2.67 bits per heavy atom. The first kappa shape index (κ1) is 15.1. The average molecular weight is 321 g/mol. The van der Waals surface area contributed by atoms with Gasteiger partial charge in [0.25, 0.3) is 0 Å². The number of hydrogen-bond acceptors (Lipinski definition) is 5. The number of rotatable bonds is 4. The molecule has 3 N–H and O–H groups in total. The molecule has 5 heteroatoms. The van der Waals surface area contributed by atoms with E-state index in [1.807, 2.05) is 20.3 Å². The van der Waals surface area contributed by atoms with Gasteiger partial charge in [0, 0.05) is 36.8 Å². The molecule has 2 heterocycles. The molecule has 0 spiro atoms. The molecular formula is C19H23N5. The van der Waals surface area contributed by atoms with Gasteiger partial charge in [0.15, 0.2) is 0 Å². The number of hydrogen-bond donors (Lipinski definition) is 2. The maximum Gasteiger partial charge on any atom is 0.134 e. The monoisotopic (exact) mass is 321 g/mol. The van der Waals surface area contributed by atoms with Crippen molar-refractivity contribution < 1.29 is 0 Å². The topological polar surface area (TPSA) is 66.5 Å². The highest BCUT2D eigenvalue weighted by Crippen LogP contribution is 2.36. The summed E-state index contributed by atoms with van der Waals surface area (Å²) in [4.78, 5) is 11.6. The third kappa shape index (κ3) is 2.99. The Morgan fingerprint density at radius 1 is 1.25 bits per heavy atom. The third-order valence-electron chi connectivity index (χ3n) is 4.55. The molecule has 0 unspecified atom stereocenters. The van der Waals surface area contributed by atoms with Crippen LogP contribution in [0.2, 0.25) is 0 Å². The molecule has 5 nitrogen and oxygen atoms in total. The molecule has 2 aliphatic rings. The van der Waals surface area contributed by atoms with Gasteiger partial charge in [-0.3, -0.25) is 0 Å². The highest BCUT2D eigenvalue weighted by molar-refractivity contribution is 5.76. The molecule has 1 aromatic carbocycles. The van der Waals surface area contributed by atoms with Gasteiger partial charge in [-0.1, -0.05) is 24.3 Å². The zero-order valence-corrected chi connectivity index (χ0v) is 14.2. The lowest BCUT2D eigenvalue weighted by Gasteiger charge is -2.23. The SMILES string of the molecule is C[C@@H](N)c1ccc(-c2cc3c(c(NC4CC4)n2)CN(C)C=N3)cc1. The molecule has 1 saturated carbocycles. The van der Waals surface area contributed by atoms with E-state index in [4.69, 9.17) is 10.7 Å². The molecule has 0 amide bonds. The number of benzene rings is 1. The number of aromatic nitrogens is 1. The molecule has 1 aliphatic carbocycles. The molecule has 24 heavy (non-hydrogen) atoms.